The number of hydrogen-bond acceptors (Lipinski definition) is 4. The molecule has 2 fully saturated rings. The number of hydrogen-bond donors (Lipinski definition) is 1. The monoisotopic (exact) mass is 215 g/mol. The first-order chi connectivity index (χ1) is 7.29. The Bertz CT molecular complexity index is 227. The Morgan fingerprint density at radius 1 is 1.47 bits per heavy atom. The highest BCUT2D eigenvalue weighted by Crippen LogP contribution is 2.18. The van der Waals surface area contributed by atoms with Crippen LogP contribution in [0.4, 0.5) is 0 Å². The number of likely N-dealkylation sites (tertiary alicyclic amines) is 1. The van der Waals surface area contributed by atoms with E-state index in [-0.39, 0.29) is 24.5 Å². The highest BCUT2D eigenvalue weighted by Gasteiger charge is 2.31. The van der Waals surface area contributed by atoms with E-state index in [0.29, 0.717) is 39.3 Å². The van der Waals surface area contributed by atoms with Crippen molar-refractivity contribution in [1.29, 1.82) is 0 Å². The van der Waals surface area contributed by atoms with Crippen LogP contribution >= 0.6 is 0 Å². The lowest BCUT2D eigenvalue weighted by atomic mass is 10.1. The predicted molar refractivity (Wildman–Crippen MR) is 52.3 cm³/mol. The van der Waals surface area contributed by atoms with E-state index in [4.69, 9.17) is 14.6 Å². The van der Waals surface area contributed by atoms with Crippen molar-refractivity contribution in [3.63, 3.8) is 0 Å². The predicted octanol–water partition coefficient (Wildman–Crippen LogP) is -0.757. The summed E-state index contributed by atoms with van der Waals surface area (Å²) in [5.41, 5.74) is 0. The lowest BCUT2D eigenvalue weighted by Crippen LogP contribution is -2.40. The number of carbonyl (C=O) groups is 1. The highest BCUT2D eigenvalue weighted by atomic mass is 16.6. The summed E-state index contributed by atoms with van der Waals surface area (Å²) >= 11 is 0. The van der Waals surface area contributed by atoms with Gasteiger partial charge in [-0.2, -0.15) is 0 Å². The van der Waals surface area contributed by atoms with Crippen LogP contribution < -0.4 is 0 Å². The Labute approximate surface area is 89.0 Å². The number of aliphatic hydroxyl groups excluding tert-OH is 1. The molecule has 2 atom stereocenters. The summed E-state index contributed by atoms with van der Waals surface area (Å²) in [5.74, 6) is 0.213. The summed E-state index contributed by atoms with van der Waals surface area (Å²) in [7, 11) is 0. The summed E-state index contributed by atoms with van der Waals surface area (Å²) in [6, 6.07) is 0. The Kier molecular flexibility index (Phi) is 3.56. The second-order valence-corrected chi connectivity index (χ2v) is 4.12. The van der Waals surface area contributed by atoms with Crippen molar-refractivity contribution < 1.29 is 19.4 Å². The standard InChI is InChI=1S/C10H17NO4/c12-6-8-3-10(13)11(4-8)5-9-7-14-1-2-15-9/h8-9,12H,1-7H2. The molecule has 2 aliphatic heterocycles. The largest absolute Gasteiger partial charge is 0.396 e. The maximum atomic E-state index is 11.5. The summed E-state index contributed by atoms with van der Waals surface area (Å²) in [6.07, 6.45) is 0.463. The van der Waals surface area contributed by atoms with E-state index < -0.39 is 0 Å². The topological polar surface area (TPSA) is 59.0 Å². The first-order valence-electron chi connectivity index (χ1n) is 5.37. The SMILES string of the molecule is O=C1CC(CO)CN1CC1COCCO1. The lowest BCUT2D eigenvalue weighted by molar-refractivity contribution is -0.134. The Morgan fingerprint density at radius 3 is 2.93 bits per heavy atom. The molecule has 0 aromatic rings. The molecule has 1 N–H and O–H groups in total. The average molecular weight is 215 g/mol. The number of nitrogens with zero attached hydrogens (tertiary/aromatic N) is 1. The van der Waals surface area contributed by atoms with Crippen LogP contribution in [0.15, 0.2) is 0 Å². The van der Waals surface area contributed by atoms with Crippen LogP contribution in [0.3, 0.4) is 0 Å². The van der Waals surface area contributed by atoms with Crippen LogP contribution in [0.25, 0.3) is 0 Å². The van der Waals surface area contributed by atoms with Crippen LogP contribution in [0.5, 0.6) is 0 Å². The van der Waals surface area contributed by atoms with Gasteiger partial charge in [0.15, 0.2) is 0 Å². The number of carbonyl (C=O) groups excluding carboxylic acids is 1. The normalized spacial score (nSPS) is 32.3. The van der Waals surface area contributed by atoms with Gasteiger partial charge in [0.25, 0.3) is 0 Å². The van der Waals surface area contributed by atoms with Gasteiger partial charge in [0.05, 0.1) is 25.9 Å². The highest BCUT2D eigenvalue weighted by molar-refractivity contribution is 5.78. The molecule has 0 aromatic carbocycles. The third-order valence-electron chi connectivity index (χ3n) is 2.86. The van der Waals surface area contributed by atoms with Crippen molar-refractivity contribution in [2.75, 3.05) is 39.5 Å². The van der Waals surface area contributed by atoms with Crippen molar-refractivity contribution >= 4 is 5.91 Å². The first kappa shape index (κ1) is 10.9. The zero-order valence-corrected chi connectivity index (χ0v) is 8.72. The van der Waals surface area contributed by atoms with Crippen molar-refractivity contribution in [2.45, 2.75) is 12.5 Å². The lowest BCUT2D eigenvalue weighted by Gasteiger charge is -2.27. The third-order valence-corrected chi connectivity index (χ3v) is 2.86. The molecular formula is C10H17NO4. The van der Waals surface area contributed by atoms with Crippen LogP contribution in [-0.4, -0.2) is 61.5 Å². The molecular weight excluding hydrogens is 198 g/mol. The number of amides is 1. The number of rotatable bonds is 3. The minimum Gasteiger partial charge on any atom is -0.396 e. The van der Waals surface area contributed by atoms with Crippen molar-refractivity contribution in [2.24, 2.45) is 5.92 Å². The fraction of sp³-hybridized carbons (Fsp3) is 0.900. The maximum Gasteiger partial charge on any atom is 0.223 e. The van der Waals surface area contributed by atoms with Gasteiger partial charge in [0.2, 0.25) is 5.91 Å². The van der Waals surface area contributed by atoms with Gasteiger partial charge in [-0.1, -0.05) is 0 Å². The third kappa shape index (κ3) is 2.68. The van der Waals surface area contributed by atoms with Gasteiger partial charge < -0.3 is 19.5 Å². The van der Waals surface area contributed by atoms with Crippen LogP contribution in [0.2, 0.25) is 0 Å². The molecule has 15 heavy (non-hydrogen) atoms. The van der Waals surface area contributed by atoms with Crippen molar-refractivity contribution in [3.8, 4) is 0 Å². The van der Waals surface area contributed by atoms with Crippen LogP contribution in [-0.2, 0) is 14.3 Å². The molecule has 0 aliphatic carbocycles. The molecule has 0 bridgehead atoms. The van der Waals surface area contributed by atoms with E-state index in [0.717, 1.165) is 0 Å². The van der Waals surface area contributed by atoms with E-state index in [1.807, 2.05) is 0 Å². The molecule has 1 amide bonds. The van der Waals surface area contributed by atoms with Gasteiger partial charge in [0, 0.05) is 32.0 Å². The maximum absolute atomic E-state index is 11.5. The van der Waals surface area contributed by atoms with E-state index in [1.165, 1.54) is 0 Å². The molecule has 0 spiro atoms. The molecule has 5 heteroatoms. The van der Waals surface area contributed by atoms with Gasteiger partial charge in [-0.05, 0) is 0 Å². The average Bonchev–Trinajstić information content (AvgIpc) is 2.61. The first-order valence-corrected chi connectivity index (χ1v) is 5.37. The molecule has 0 radical (unpaired) electrons. The molecule has 2 rings (SSSR count). The summed E-state index contributed by atoms with van der Waals surface area (Å²) in [6.45, 7) is 3.14. The molecule has 2 unspecified atom stereocenters. The Hall–Kier alpha value is -0.650. The zero-order valence-electron chi connectivity index (χ0n) is 8.72. The fourth-order valence-corrected chi connectivity index (χ4v) is 2.04. The van der Waals surface area contributed by atoms with Crippen LogP contribution in [0, 0.1) is 5.92 Å². The van der Waals surface area contributed by atoms with Crippen molar-refractivity contribution in [1.82, 2.24) is 4.90 Å². The Balaban J connectivity index is 1.81. The van der Waals surface area contributed by atoms with Gasteiger partial charge in [-0.15, -0.1) is 0 Å². The van der Waals surface area contributed by atoms with Gasteiger partial charge in [-0.3, -0.25) is 4.79 Å². The smallest absolute Gasteiger partial charge is 0.223 e. The zero-order chi connectivity index (χ0) is 10.7. The molecule has 0 saturated carbocycles. The second-order valence-electron chi connectivity index (χ2n) is 4.12. The van der Waals surface area contributed by atoms with Gasteiger partial charge in [-0.25, -0.2) is 0 Å². The van der Waals surface area contributed by atoms with E-state index in [1.54, 1.807) is 4.90 Å². The van der Waals surface area contributed by atoms with Gasteiger partial charge >= 0.3 is 0 Å². The molecule has 0 aromatic heterocycles. The molecule has 2 heterocycles. The Morgan fingerprint density at radius 2 is 2.33 bits per heavy atom. The summed E-state index contributed by atoms with van der Waals surface area (Å²) in [4.78, 5) is 13.3. The number of ether oxygens (including phenoxy) is 2. The van der Waals surface area contributed by atoms with E-state index in [9.17, 15) is 4.79 Å². The quantitative estimate of drug-likeness (QED) is 0.672. The van der Waals surface area contributed by atoms with Crippen molar-refractivity contribution in [3.05, 3.63) is 0 Å². The number of aliphatic hydroxyl groups is 1. The summed E-state index contributed by atoms with van der Waals surface area (Å²) in [5, 5.41) is 8.97. The molecule has 5 nitrogen and oxygen atoms in total. The molecule has 2 aliphatic rings. The van der Waals surface area contributed by atoms with E-state index in [2.05, 4.69) is 0 Å². The fourth-order valence-electron chi connectivity index (χ4n) is 2.04. The van der Waals surface area contributed by atoms with E-state index >= 15 is 0 Å². The molecule has 2 saturated heterocycles. The van der Waals surface area contributed by atoms with Gasteiger partial charge in [0.1, 0.15) is 0 Å². The van der Waals surface area contributed by atoms with Crippen LogP contribution in [0.1, 0.15) is 6.42 Å². The minimum absolute atomic E-state index is 0.000132. The minimum atomic E-state index is 0.000132. The summed E-state index contributed by atoms with van der Waals surface area (Å²) < 4.78 is 10.7. The second kappa shape index (κ2) is 4.92. The molecule has 86 valence electrons.